The second-order valence-corrected chi connectivity index (χ2v) is 5.23. The van der Waals surface area contributed by atoms with Crippen LogP contribution in [0.1, 0.15) is 24.2 Å². The number of halogens is 3. The lowest BCUT2D eigenvalue weighted by atomic mass is 10.1. The van der Waals surface area contributed by atoms with Crippen molar-refractivity contribution >= 4 is 23.2 Å². The lowest BCUT2D eigenvalue weighted by molar-refractivity contribution is 0.190. The van der Waals surface area contributed by atoms with Crippen LogP contribution in [0.4, 0.5) is 4.39 Å². The molecule has 106 valence electrons. The first kappa shape index (κ1) is 15.1. The summed E-state index contributed by atoms with van der Waals surface area (Å²) in [5, 5.41) is 10.7. The molecule has 2 aromatic rings. The minimum Gasteiger partial charge on any atom is -0.488 e. The zero-order chi connectivity index (χ0) is 14.7. The molecule has 0 fully saturated rings. The predicted octanol–water partition coefficient (Wildman–Crippen LogP) is 4.76. The number of ether oxygens (including phenoxy) is 1. The minimum atomic E-state index is -0.750. The fourth-order valence-electron chi connectivity index (χ4n) is 1.79. The van der Waals surface area contributed by atoms with Gasteiger partial charge in [-0.2, -0.15) is 0 Å². The SMILES string of the molecule is C[C@@H](O)c1ccc(F)cc1OCc1cc(Cl)ccc1Cl. The van der Waals surface area contributed by atoms with Gasteiger partial charge in [-0.05, 0) is 37.3 Å². The van der Waals surface area contributed by atoms with E-state index in [-0.39, 0.29) is 12.4 Å². The maximum Gasteiger partial charge on any atom is 0.128 e. The van der Waals surface area contributed by atoms with Crippen LogP contribution in [-0.2, 0) is 6.61 Å². The summed E-state index contributed by atoms with van der Waals surface area (Å²) in [7, 11) is 0. The van der Waals surface area contributed by atoms with Gasteiger partial charge in [0.25, 0.3) is 0 Å². The van der Waals surface area contributed by atoms with E-state index >= 15 is 0 Å². The fraction of sp³-hybridized carbons (Fsp3) is 0.200. The van der Waals surface area contributed by atoms with E-state index in [0.717, 1.165) is 0 Å². The molecule has 20 heavy (non-hydrogen) atoms. The van der Waals surface area contributed by atoms with Crippen LogP contribution in [0.2, 0.25) is 10.0 Å². The van der Waals surface area contributed by atoms with Gasteiger partial charge in [0.1, 0.15) is 18.2 Å². The maximum atomic E-state index is 13.3. The van der Waals surface area contributed by atoms with E-state index in [2.05, 4.69) is 0 Å². The van der Waals surface area contributed by atoms with Crippen molar-refractivity contribution in [3.05, 3.63) is 63.4 Å². The first-order chi connectivity index (χ1) is 9.47. The second-order valence-electron chi connectivity index (χ2n) is 4.38. The Hall–Kier alpha value is -1.29. The Balaban J connectivity index is 2.22. The highest BCUT2D eigenvalue weighted by Gasteiger charge is 2.11. The normalized spacial score (nSPS) is 12.2. The molecule has 0 amide bonds. The third-order valence-electron chi connectivity index (χ3n) is 2.82. The van der Waals surface area contributed by atoms with Gasteiger partial charge in [0.2, 0.25) is 0 Å². The molecular formula is C15H13Cl2FO2. The zero-order valence-corrected chi connectivity index (χ0v) is 12.2. The van der Waals surface area contributed by atoms with Gasteiger partial charge in [-0.15, -0.1) is 0 Å². The van der Waals surface area contributed by atoms with E-state index in [4.69, 9.17) is 27.9 Å². The van der Waals surface area contributed by atoms with Crippen molar-refractivity contribution in [1.82, 2.24) is 0 Å². The first-order valence-corrected chi connectivity index (χ1v) is 6.77. The number of rotatable bonds is 4. The summed E-state index contributed by atoms with van der Waals surface area (Å²) in [6, 6.07) is 9.04. The fourth-order valence-corrected chi connectivity index (χ4v) is 2.15. The lowest BCUT2D eigenvalue weighted by Gasteiger charge is -2.14. The summed E-state index contributed by atoms with van der Waals surface area (Å²) in [6.45, 7) is 1.73. The zero-order valence-electron chi connectivity index (χ0n) is 10.7. The molecule has 0 aliphatic carbocycles. The van der Waals surface area contributed by atoms with Crippen molar-refractivity contribution in [3.8, 4) is 5.75 Å². The molecule has 0 aliphatic heterocycles. The number of aliphatic hydroxyl groups is 1. The van der Waals surface area contributed by atoms with Gasteiger partial charge in [0.05, 0.1) is 6.10 Å². The van der Waals surface area contributed by atoms with Gasteiger partial charge in [-0.25, -0.2) is 4.39 Å². The number of hydrogen-bond donors (Lipinski definition) is 1. The Labute approximate surface area is 126 Å². The van der Waals surface area contributed by atoms with E-state index in [0.29, 0.717) is 21.2 Å². The molecule has 0 aromatic heterocycles. The molecule has 0 saturated heterocycles. The summed E-state index contributed by atoms with van der Waals surface area (Å²) < 4.78 is 18.8. The van der Waals surface area contributed by atoms with Crippen LogP contribution in [-0.4, -0.2) is 5.11 Å². The number of benzene rings is 2. The van der Waals surface area contributed by atoms with Gasteiger partial charge >= 0.3 is 0 Å². The van der Waals surface area contributed by atoms with Crippen molar-refractivity contribution in [2.24, 2.45) is 0 Å². The smallest absolute Gasteiger partial charge is 0.128 e. The van der Waals surface area contributed by atoms with Crippen LogP contribution in [0, 0.1) is 5.82 Å². The Morgan fingerprint density at radius 2 is 1.95 bits per heavy atom. The molecule has 0 radical (unpaired) electrons. The Morgan fingerprint density at radius 1 is 1.20 bits per heavy atom. The van der Waals surface area contributed by atoms with Crippen molar-refractivity contribution in [2.75, 3.05) is 0 Å². The van der Waals surface area contributed by atoms with Crippen molar-refractivity contribution in [3.63, 3.8) is 0 Å². The summed E-state index contributed by atoms with van der Waals surface area (Å²) in [5.74, 6) is -0.141. The van der Waals surface area contributed by atoms with Gasteiger partial charge in [0, 0.05) is 27.2 Å². The summed E-state index contributed by atoms with van der Waals surface area (Å²) in [6.07, 6.45) is -0.750. The van der Waals surface area contributed by atoms with Gasteiger partial charge in [-0.3, -0.25) is 0 Å². The number of hydrogen-bond acceptors (Lipinski definition) is 2. The summed E-state index contributed by atoms with van der Waals surface area (Å²) >= 11 is 11.9. The summed E-state index contributed by atoms with van der Waals surface area (Å²) in [5.41, 5.74) is 1.21. The molecule has 2 rings (SSSR count). The standard InChI is InChI=1S/C15H13Cl2FO2/c1-9(19)13-4-3-12(18)7-15(13)20-8-10-6-11(16)2-5-14(10)17/h2-7,9,19H,8H2,1H3/t9-/m1/s1. The highest BCUT2D eigenvalue weighted by molar-refractivity contribution is 6.33. The largest absolute Gasteiger partial charge is 0.488 e. The van der Waals surface area contributed by atoms with Crippen LogP contribution in [0.15, 0.2) is 36.4 Å². The van der Waals surface area contributed by atoms with Gasteiger partial charge in [-0.1, -0.05) is 23.2 Å². The van der Waals surface area contributed by atoms with E-state index in [9.17, 15) is 9.50 Å². The Bertz CT molecular complexity index is 615. The van der Waals surface area contributed by atoms with E-state index in [1.165, 1.54) is 18.2 Å². The highest BCUT2D eigenvalue weighted by atomic mass is 35.5. The summed E-state index contributed by atoms with van der Waals surface area (Å²) in [4.78, 5) is 0. The molecule has 5 heteroatoms. The van der Waals surface area contributed by atoms with E-state index in [1.54, 1.807) is 25.1 Å². The van der Waals surface area contributed by atoms with Crippen molar-refractivity contribution in [1.29, 1.82) is 0 Å². The topological polar surface area (TPSA) is 29.5 Å². The Kier molecular flexibility index (Phi) is 4.86. The highest BCUT2D eigenvalue weighted by Crippen LogP contribution is 2.28. The molecule has 2 nitrogen and oxygen atoms in total. The molecule has 0 saturated carbocycles. The Morgan fingerprint density at radius 3 is 2.65 bits per heavy atom. The third kappa shape index (κ3) is 3.63. The lowest BCUT2D eigenvalue weighted by Crippen LogP contribution is -2.02. The van der Waals surface area contributed by atoms with Crippen LogP contribution in [0.25, 0.3) is 0 Å². The quantitative estimate of drug-likeness (QED) is 0.881. The van der Waals surface area contributed by atoms with E-state index < -0.39 is 11.9 Å². The molecule has 0 aliphatic rings. The third-order valence-corrected chi connectivity index (χ3v) is 3.42. The molecule has 0 heterocycles. The van der Waals surface area contributed by atoms with Crippen LogP contribution < -0.4 is 4.74 Å². The molecule has 1 atom stereocenters. The average Bonchev–Trinajstić information content (AvgIpc) is 2.39. The van der Waals surface area contributed by atoms with Crippen LogP contribution in [0.3, 0.4) is 0 Å². The first-order valence-electron chi connectivity index (χ1n) is 6.01. The van der Waals surface area contributed by atoms with Crippen LogP contribution >= 0.6 is 23.2 Å². The van der Waals surface area contributed by atoms with Gasteiger partial charge in [0.15, 0.2) is 0 Å². The van der Waals surface area contributed by atoms with Crippen LogP contribution in [0.5, 0.6) is 5.75 Å². The molecule has 2 aromatic carbocycles. The average molecular weight is 315 g/mol. The predicted molar refractivity (Wildman–Crippen MR) is 77.8 cm³/mol. The monoisotopic (exact) mass is 314 g/mol. The molecule has 0 spiro atoms. The van der Waals surface area contributed by atoms with E-state index in [1.807, 2.05) is 0 Å². The number of aliphatic hydroxyl groups excluding tert-OH is 1. The maximum absolute atomic E-state index is 13.3. The molecule has 0 bridgehead atoms. The minimum absolute atomic E-state index is 0.141. The molecular weight excluding hydrogens is 302 g/mol. The van der Waals surface area contributed by atoms with Crippen molar-refractivity contribution in [2.45, 2.75) is 19.6 Å². The van der Waals surface area contributed by atoms with Gasteiger partial charge < -0.3 is 9.84 Å². The molecule has 0 unspecified atom stereocenters. The second kappa shape index (κ2) is 6.44. The van der Waals surface area contributed by atoms with Crippen molar-refractivity contribution < 1.29 is 14.2 Å². The molecule has 1 N–H and O–H groups in total.